The van der Waals surface area contributed by atoms with Gasteiger partial charge >= 0.3 is 0 Å². The van der Waals surface area contributed by atoms with Crippen LogP contribution in [-0.2, 0) is 16.1 Å². The quantitative estimate of drug-likeness (QED) is 0.507. The summed E-state index contributed by atoms with van der Waals surface area (Å²) < 4.78 is 16.3. The molecule has 0 radical (unpaired) electrons. The first-order chi connectivity index (χ1) is 16.4. The van der Waals surface area contributed by atoms with Crippen LogP contribution in [0.15, 0.2) is 65.1 Å². The summed E-state index contributed by atoms with van der Waals surface area (Å²) in [7, 11) is 4.99. The summed E-state index contributed by atoms with van der Waals surface area (Å²) >= 11 is 0. The number of carbonyl (C=O) groups excluding carboxylic acids is 2. The van der Waals surface area contributed by atoms with E-state index in [1.165, 1.54) is 0 Å². The lowest BCUT2D eigenvalue weighted by Gasteiger charge is -2.42. The Balaban J connectivity index is 1.70. The SMILES string of the molecule is COc1ccc(C2C(C(=O)N(C)Cc3ccc(C)o3)CCC(=O)N2c2ccc(OC)cc2)cc1. The molecule has 178 valence electrons. The van der Waals surface area contributed by atoms with Crippen molar-refractivity contribution in [3.8, 4) is 11.5 Å². The van der Waals surface area contributed by atoms with Crippen molar-refractivity contribution in [2.75, 3.05) is 26.2 Å². The van der Waals surface area contributed by atoms with E-state index in [1.807, 2.05) is 67.6 Å². The number of piperidine rings is 1. The molecule has 2 aromatic carbocycles. The highest BCUT2D eigenvalue weighted by Gasteiger charge is 2.42. The first kappa shape index (κ1) is 23.4. The largest absolute Gasteiger partial charge is 0.497 e. The minimum atomic E-state index is -0.450. The molecule has 0 saturated carbocycles. The van der Waals surface area contributed by atoms with Gasteiger partial charge in [0.05, 0.1) is 32.7 Å². The van der Waals surface area contributed by atoms with Crippen LogP contribution in [0.25, 0.3) is 0 Å². The first-order valence-electron chi connectivity index (χ1n) is 11.3. The molecule has 2 atom stereocenters. The molecule has 1 saturated heterocycles. The van der Waals surface area contributed by atoms with Crippen LogP contribution in [0.5, 0.6) is 11.5 Å². The average Bonchev–Trinajstić information content (AvgIpc) is 3.27. The van der Waals surface area contributed by atoms with Crippen molar-refractivity contribution in [1.82, 2.24) is 4.90 Å². The number of nitrogens with zero attached hydrogens (tertiary/aromatic N) is 2. The molecular weight excluding hydrogens is 432 g/mol. The molecule has 0 N–H and O–H groups in total. The van der Waals surface area contributed by atoms with Gasteiger partial charge in [-0.15, -0.1) is 0 Å². The normalized spacial score (nSPS) is 18.0. The summed E-state index contributed by atoms with van der Waals surface area (Å²) in [5.74, 6) is 2.51. The van der Waals surface area contributed by atoms with Gasteiger partial charge in [-0.1, -0.05) is 12.1 Å². The number of benzene rings is 2. The molecule has 4 rings (SSSR count). The summed E-state index contributed by atoms with van der Waals surface area (Å²) in [6.07, 6.45) is 0.769. The summed E-state index contributed by atoms with van der Waals surface area (Å²) in [6, 6.07) is 18.2. The van der Waals surface area contributed by atoms with Gasteiger partial charge in [0.25, 0.3) is 0 Å². The lowest BCUT2D eigenvalue weighted by Crippen LogP contribution is -2.48. The fourth-order valence-corrected chi connectivity index (χ4v) is 4.55. The number of carbonyl (C=O) groups is 2. The van der Waals surface area contributed by atoms with Crippen molar-refractivity contribution in [2.45, 2.75) is 32.4 Å². The Bertz CT molecular complexity index is 1140. The molecule has 34 heavy (non-hydrogen) atoms. The van der Waals surface area contributed by atoms with Crippen LogP contribution in [0, 0.1) is 12.8 Å². The summed E-state index contributed by atoms with van der Waals surface area (Å²) in [5, 5.41) is 0. The second-order valence-corrected chi connectivity index (χ2v) is 8.53. The molecule has 7 heteroatoms. The number of anilines is 1. The third-order valence-corrected chi connectivity index (χ3v) is 6.29. The van der Waals surface area contributed by atoms with Crippen molar-refractivity contribution in [3.05, 3.63) is 77.7 Å². The van der Waals surface area contributed by atoms with E-state index in [0.29, 0.717) is 25.1 Å². The lowest BCUT2D eigenvalue weighted by molar-refractivity contribution is -0.138. The molecule has 2 amide bonds. The van der Waals surface area contributed by atoms with Crippen molar-refractivity contribution < 1.29 is 23.5 Å². The minimum Gasteiger partial charge on any atom is -0.497 e. The highest BCUT2D eigenvalue weighted by molar-refractivity contribution is 5.97. The van der Waals surface area contributed by atoms with E-state index < -0.39 is 12.0 Å². The maximum Gasteiger partial charge on any atom is 0.228 e. The zero-order valence-electron chi connectivity index (χ0n) is 20.0. The van der Waals surface area contributed by atoms with Gasteiger partial charge in [-0.25, -0.2) is 0 Å². The fourth-order valence-electron chi connectivity index (χ4n) is 4.55. The van der Waals surface area contributed by atoms with E-state index in [0.717, 1.165) is 28.5 Å². The van der Waals surface area contributed by atoms with Crippen LogP contribution >= 0.6 is 0 Å². The predicted octanol–water partition coefficient (Wildman–Crippen LogP) is 4.75. The zero-order chi connectivity index (χ0) is 24.2. The molecule has 0 spiro atoms. The number of ether oxygens (including phenoxy) is 2. The molecule has 1 aliphatic rings. The van der Waals surface area contributed by atoms with Gasteiger partial charge in [0, 0.05) is 19.2 Å². The van der Waals surface area contributed by atoms with Crippen molar-refractivity contribution in [2.24, 2.45) is 5.92 Å². The predicted molar refractivity (Wildman–Crippen MR) is 129 cm³/mol. The zero-order valence-corrected chi connectivity index (χ0v) is 20.0. The molecule has 2 unspecified atom stereocenters. The van der Waals surface area contributed by atoms with Gasteiger partial charge in [0.2, 0.25) is 11.8 Å². The number of amides is 2. The molecule has 1 aromatic heterocycles. The highest BCUT2D eigenvalue weighted by atomic mass is 16.5. The van der Waals surface area contributed by atoms with Crippen LogP contribution in [0.1, 0.15) is 36.0 Å². The molecule has 0 aliphatic carbocycles. The molecule has 1 aliphatic heterocycles. The van der Waals surface area contributed by atoms with Gasteiger partial charge in [-0.2, -0.15) is 0 Å². The smallest absolute Gasteiger partial charge is 0.228 e. The lowest BCUT2D eigenvalue weighted by atomic mass is 9.82. The number of furan rings is 1. The molecule has 7 nitrogen and oxygen atoms in total. The van der Waals surface area contributed by atoms with Gasteiger partial charge in [-0.3, -0.25) is 9.59 Å². The topological polar surface area (TPSA) is 72.2 Å². The van der Waals surface area contributed by atoms with Crippen LogP contribution in [-0.4, -0.2) is 38.0 Å². The standard InChI is InChI=1S/C27H30N2O5/c1-18-5-10-23(34-18)17-28(2)27(31)24-15-16-25(30)29(20-8-13-22(33-4)14-9-20)26(24)19-6-11-21(32-3)12-7-19/h5-14,24,26H,15-17H2,1-4H3. The van der Waals surface area contributed by atoms with E-state index >= 15 is 0 Å². The van der Waals surface area contributed by atoms with E-state index in [4.69, 9.17) is 13.9 Å². The molecule has 2 heterocycles. The van der Waals surface area contributed by atoms with Crippen molar-refractivity contribution >= 4 is 17.5 Å². The van der Waals surface area contributed by atoms with Crippen LogP contribution in [0.4, 0.5) is 5.69 Å². The maximum absolute atomic E-state index is 13.7. The first-order valence-corrected chi connectivity index (χ1v) is 11.3. The van der Waals surface area contributed by atoms with E-state index in [9.17, 15) is 9.59 Å². The van der Waals surface area contributed by atoms with Crippen LogP contribution < -0.4 is 14.4 Å². The highest BCUT2D eigenvalue weighted by Crippen LogP contribution is 2.41. The molecule has 1 fully saturated rings. The second-order valence-electron chi connectivity index (χ2n) is 8.53. The average molecular weight is 463 g/mol. The Hall–Kier alpha value is -3.74. The third-order valence-electron chi connectivity index (χ3n) is 6.29. The number of methoxy groups -OCH3 is 2. The van der Waals surface area contributed by atoms with E-state index in [-0.39, 0.29) is 11.8 Å². The number of hydrogen-bond acceptors (Lipinski definition) is 5. The molecular formula is C27H30N2O5. The Morgan fingerprint density at radius 2 is 1.62 bits per heavy atom. The molecule has 0 bridgehead atoms. The van der Waals surface area contributed by atoms with Crippen molar-refractivity contribution in [1.29, 1.82) is 0 Å². The Kier molecular flexibility index (Phi) is 6.91. The van der Waals surface area contributed by atoms with Crippen LogP contribution in [0.2, 0.25) is 0 Å². The number of rotatable bonds is 7. The summed E-state index contributed by atoms with van der Waals surface area (Å²) in [4.78, 5) is 30.3. The Labute approximate surface area is 199 Å². The van der Waals surface area contributed by atoms with E-state index in [1.54, 1.807) is 31.1 Å². The van der Waals surface area contributed by atoms with Crippen molar-refractivity contribution in [3.63, 3.8) is 0 Å². The van der Waals surface area contributed by atoms with Gasteiger partial charge in [0.1, 0.15) is 23.0 Å². The fraction of sp³-hybridized carbons (Fsp3) is 0.333. The van der Waals surface area contributed by atoms with Crippen LogP contribution in [0.3, 0.4) is 0 Å². The minimum absolute atomic E-state index is 0.0145. The van der Waals surface area contributed by atoms with Gasteiger partial charge < -0.3 is 23.7 Å². The summed E-state index contributed by atoms with van der Waals surface area (Å²) in [5.41, 5.74) is 1.61. The van der Waals surface area contributed by atoms with Gasteiger partial charge in [0.15, 0.2) is 0 Å². The second kappa shape index (κ2) is 10.0. The Morgan fingerprint density at radius 1 is 1.00 bits per heavy atom. The number of aryl methyl sites for hydroxylation is 1. The Morgan fingerprint density at radius 3 is 2.18 bits per heavy atom. The summed E-state index contributed by atoms with van der Waals surface area (Å²) in [6.45, 7) is 2.25. The maximum atomic E-state index is 13.7. The number of hydrogen-bond donors (Lipinski definition) is 0. The van der Waals surface area contributed by atoms with E-state index in [2.05, 4.69) is 0 Å². The van der Waals surface area contributed by atoms with Gasteiger partial charge in [-0.05, 0) is 67.4 Å². The third kappa shape index (κ3) is 4.78. The molecule has 3 aromatic rings. The monoisotopic (exact) mass is 462 g/mol.